The second-order valence-corrected chi connectivity index (χ2v) is 8.38. The molecule has 3 N–H and O–H groups in total. The number of sulfonamides is 1. The molecule has 0 saturated carbocycles. The molecule has 1 atom stereocenters. The lowest BCUT2D eigenvalue weighted by molar-refractivity contribution is 0.0399. The zero-order valence-corrected chi connectivity index (χ0v) is 16.8. The van der Waals surface area contributed by atoms with Gasteiger partial charge in [0.1, 0.15) is 17.3 Å². The Morgan fingerprint density at radius 3 is 2.90 bits per heavy atom. The van der Waals surface area contributed by atoms with E-state index in [1.54, 1.807) is 12.1 Å². The minimum atomic E-state index is -4.16. The molecule has 0 radical (unpaired) electrons. The number of benzene rings is 1. The lowest BCUT2D eigenvalue weighted by Crippen LogP contribution is -2.29. The molecule has 0 unspecified atom stereocenters. The van der Waals surface area contributed by atoms with Crippen molar-refractivity contribution in [3.8, 4) is 0 Å². The molecule has 1 aliphatic heterocycles. The molecule has 29 heavy (non-hydrogen) atoms. The molecule has 0 amide bonds. The third kappa shape index (κ3) is 5.05. The van der Waals surface area contributed by atoms with Crippen LogP contribution in [0.4, 0.5) is 5.69 Å². The Hall–Kier alpha value is -2.63. The molecule has 0 bridgehead atoms. The van der Waals surface area contributed by atoms with Gasteiger partial charge in [-0.15, -0.1) is 4.91 Å². The van der Waals surface area contributed by atoms with E-state index >= 15 is 0 Å². The zero-order chi connectivity index (χ0) is 21.0. The average molecular weight is 443 g/mol. The van der Waals surface area contributed by atoms with Gasteiger partial charge in [-0.3, -0.25) is 5.01 Å². The summed E-state index contributed by atoms with van der Waals surface area (Å²) in [6, 6.07) is 5.47. The first-order valence-corrected chi connectivity index (χ1v) is 10.6. The summed E-state index contributed by atoms with van der Waals surface area (Å²) in [6.45, 7) is 0.664. The number of nitrogens with one attached hydrogen (secondary N) is 1. The highest BCUT2D eigenvalue weighted by atomic mass is 35.5. The summed E-state index contributed by atoms with van der Waals surface area (Å²) in [4.78, 5) is 23.1. The Bertz CT molecular complexity index is 996. The van der Waals surface area contributed by atoms with Crippen LogP contribution in [0.15, 0.2) is 45.1 Å². The summed E-state index contributed by atoms with van der Waals surface area (Å²) >= 11 is 6.04. The van der Waals surface area contributed by atoms with Crippen molar-refractivity contribution in [1.29, 1.82) is 0 Å². The number of esters is 1. The van der Waals surface area contributed by atoms with Crippen LogP contribution >= 0.6 is 11.6 Å². The van der Waals surface area contributed by atoms with Gasteiger partial charge >= 0.3 is 5.97 Å². The SMILES string of the molecule is NS(=O)(=O)c1cc(C(=O)OC[C@H]2CCCN2N=O)c(NCc2ccco2)cc1Cl. The second kappa shape index (κ2) is 8.80. The number of halogens is 1. The maximum atomic E-state index is 12.7. The van der Waals surface area contributed by atoms with Gasteiger partial charge in [-0.1, -0.05) is 11.6 Å². The van der Waals surface area contributed by atoms with E-state index in [1.165, 1.54) is 17.3 Å². The largest absolute Gasteiger partial charge is 0.467 e. The van der Waals surface area contributed by atoms with Gasteiger partial charge in [-0.2, -0.15) is 0 Å². The van der Waals surface area contributed by atoms with E-state index < -0.39 is 20.9 Å². The van der Waals surface area contributed by atoms with Gasteiger partial charge in [0.05, 0.1) is 40.4 Å². The van der Waals surface area contributed by atoms with Crippen molar-refractivity contribution in [3.63, 3.8) is 0 Å². The second-order valence-electron chi connectivity index (χ2n) is 6.45. The van der Waals surface area contributed by atoms with Crippen LogP contribution in [0.2, 0.25) is 5.02 Å². The first-order valence-electron chi connectivity index (χ1n) is 8.69. The average Bonchev–Trinajstić information content (AvgIpc) is 3.34. The number of ether oxygens (including phenoxy) is 1. The van der Waals surface area contributed by atoms with Crippen LogP contribution in [0.3, 0.4) is 0 Å². The third-order valence-corrected chi connectivity index (χ3v) is 5.86. The summed E-state index contributed by atoms with van der Waals surface area (Å²) < 4.78 is 34.1. The molecule has 3 rings (SSSR count). The number of carbonyl (C=O) groups excluding carboxylic acids is 1. The minimum Gasteiger partial charge on any atom is -0.467 e. The molecule has 156 valence electrons. The van der Waals surface area contributed by atoms with Gasteiger partial charge in [0.2, 0.25) is 10.0 Å². The number of primary sulfonamides is 1. The van der Waals surface area contributed by atoms with Crippen LogP contribution in [-0.4, -0.2) is 38.6 Å². The molecule has 2 heterocycles. The van der Waals surface area contributed by atoms with Crippen LogP contribution in [-0.2, 0) is 21.3 Å². The topological polar surface area (TPSA) is 144 Å². The number of rotatable bonds is 8. The Morgan fingerprint density at radius 1 is 1.45 bits per heavy atom. The van der Waals surface area contributed by atoms with Crippen molar-refractivity contribution in [3.05, 3.63) is 51.8 Å². The maximum Gasteiger partial charge on any atom is 0.340 e. The number of hydrogen-bond donors (Lipinski definition) is 2. The number of nitrogens with two attached hydrogens (primary N) is 1. The van der Waals surface area contributed by atoms with Gasteiger partial charge in [0.15, 0.2) is 0 Å². The van der Waals surface area contributed by atoms with Crippen molar-refractivity contribution in [1.82, 2.24) is 5.01 Å². The lowest BCUT2D eigenvalue weighted by atomic mass is 10.1. The van der Waals surface area contributed by atoms with Crippen molar-refractivity contribution < 1.29 is 22.4 Å². The number of carbonyl (C=O) groups is 1. The van der Waals surface area contributed by atoms with Crippen LogP contribution in [0.5, 0.6) is 0 Å². The highest BCUT2D eigenvalue weighted by Gasteiger charge is 2.27. The zero-order valence-electron chi connectivity index (χ0n) is 15.2. The normalized spacial score (nSPS) is 16.6. The fourth-order valence-electron chi connectivity index (χ4n) is 3.03. The van der Waals surface area contributed by atoms with E-state index in [1.807, 2.05) is 0 Å². The minimum absolute atomic E-state index is 0.0600. The molecule has 1 fully saturated rings. The molecular weight excluding hydrogens is 424 g/mol. The maximum absolute atomic E-state index is 12.7. The summed E-state index contributed by atoms with van der Waals surface area (Å²) in [6.07, 6.45) is 2.92. The van der Waals surface area contributed by atoms with Gasteiger partial charge in [-0.25, -0.2) is 18.4 Å². The van der Waals surface area contributed by atoms with Crippen molar-refractivity contribution >= 4 is 33.3 Å². The molecule has 0 aliphatic carbocycles. The van der Waals surface area contributed by atoms with Crippen LogP contribution < -0.4 is 10.5 Å². The Balaban J connectivity index is 1.84. The summed E-state index contributed by atoms with van der Waals surface area (Å²) in [5, 5.41) is 12.2. The Morgan fingerprint density at radius 2 is 2.24 bits per heavy atom. The molecule has 12 heteroatoms. The van der Waals surface area contributed by atoms with Crippen LogP contribution in [0.25, 0.3) is 0 Å². The molecule has 10 nitrogen and oxygen atoms in total. The van der Waals surface area contributed by atoms with Crippen LogP contribution in [0.1, 0.15) is 29.0 Å². The highest BCUT2D eigenvalue weighted by molar-refractivity contribution is 7.89. The molecule has 1 aromatic carbocycles. The first kappa shape index (κ1) is 21.1. The van der Waals surface area contributed by atoms with Gasteiger partial charge < -0.3 is 14.5 Å². The number of furan rings is 1. The fraction of sp³-hybridized carbons (Fsp3) is 0.353. The number of anilines is 1. The van der Waals surface area contributed by atoms with Gasteiger partial charge in [0.25, 0.3) is 0 Å². The van der Waals surface area contributed by atoms with E-state index in [9.17, 15) is 18.1 Å². The molecule has 1 aliphatic rings. The molecule has 2 aromatic rings. The number of hydrogen-bond acceptors (Lipinski definition) is 8. The summed E-state index contributed by atoms with van der Waals surface area (Å²) in [5.41, 5.74) is 0.189. The van der Waals surface area contributed by atoms with Gasteiger partial charge in [-0.05, 0) is 37.1 Å². The molecule has 0 spiro atoms. The highest BCUT2D eigenvalue weighted by Crippen LogP contribution is 2.29. The van der Waals surface area contributed by atoms with Gasteiger partial charge in [0, 0.05) is 6.54 Å². The van der Waals surface area contributed by atoms with Crippen molar-refractivity contribution in [2.45, 2.75) is 30.3 Å². The summed E-state index contributed by atoms with van der Waals surface area (Å²) in [7, 11) is -4.16. The third-order valence-electron chi connectivity index (χ3n) is 4.49. The van der Waals surface area contributed by atoms with E-state index in [0.717, 1.165) is 12.5 Å². The standard InChI is InChI=1S/C17H19ClN4O6S/c18-14-8-15(20-9-12-4-2-6-27-12)13(7-16(14)29(19,25)26)17(23)28-10-11-3-1-5-22(11)21-24/h2,4,6-8,11,20H,1,3,5,9-10H2,(H2,19,25,26)/t11-/m1/s1. The quantitative estimate of drug-likeness (QED) is 0.468. The van der Waals surface area contributed by atoms with Crippen LogP contribution in [0, 0.1) is 4.91 Å². The van der Waals surface area contributed by atoms with E-state index in [4.69, 9.17) is 25.9 Å². The fourth-order valence-corrected chi connectivity index (χ4v) is 4.13. The Labute approximate surface area is 171 Å². The van der Waals surface area contributed by atoms with E-state index in [0.29, 0.717) is 18.7 Å². The molecule has 1 saturated heterocycles. The molecule has 1 aromatic heterocycles. The monoisotopic (exact) mass is 442 g/mol. The Kier molecular flexibility index (Phi) is 6.40. The summed E-state index contributed by atoms with van der Waals surface area (Å²) in [5.74, 6) is -0.194. The van der Waals surface area contributed by atoms with Crippen molar-refractivity contribution in [2.75, 3.05) is 18.5 Å². The van der Waals surface area contributed by atoms with E-state index in [2.05, 4.69) is 10.6 Å². The lowest BCUT2D eigenvalue weighted by Gasteiger charge is -2.18. The first-order chi connectivity index (χ1) is 13.8. The smallest absolute Gasteiger partial charge is 0.340 e. The van der Waals surface area contributed by atoms with E-state index in [-0.39, 0.29) is 35.5 Å². The predicted octanol–water partition coefficient (Wildman–Crippen LogP) is 2.50. The number of nitroso groups, excluding NO2 is 1. The predicted molar refractivity (Wildman–Crippen MR) is 105 cm³/mol. The molecular formula is C17H19ClN4O6S. The van der Waals surface area contributed by atoms with Crippen molar-refractivity contribution in [2.24, 2.45) is 10.4 Å². The number of nitrogens with zero attached hydrogens (tertiary/aromatic N) is 2.